The van der Waals surface area contributed by atoms with Crippen molar-refractivity contribution in [1.29, 1.82) is 0 Å². The van der Waals surface area contributed by atoms with E-state index in [9.17, 15) is 9.18 Å². The first-order valence-electron chi connectivity index (χ1n) is 9.90. The van der Waals surface area contributed by atoms with Gasteiger partial charge in [0.05, 0.1) is 10.6 Å². The van der Waals surface area contributed by atoms with Crippen LogP contribution in [0, 0.1) is 5.82 Å². The number of carbonyl (C=O) groups excluding carboxylic acids is 1. The van der Waals surface area contributed by atoms with Gasteiger partial charge in [-0.15, -0.1) is 0 Å². The molecule has 1 atom stereocenters. The Labute approximate surface area is 170 Å². The number of carbonyl (C=O) groups is 1. The van der Waals surface area contributed by atoms with Crippen molar-refractivity contribution in [2.24, 2.45) is 0 Å². The van der Waals surface area contributed by atoms with Crippen LogP contribution in [-0.4, -0.2) is 61.0 Å². The van der Waals surface area contributed by atoms with E-state index in [4.69, 9.17) is 11.6 Å². The van der Waals surface area contributed by atoms with Crippen molar-refractivity contribution in [3.8, 4) is 0 Å². The van der Waals surface area contributed by atoms with Crippen molar-refractivity contribution < 1.29 is 9.18 Å². The molecule has 0 aliphatic carbocycles. The maximum absolute atomic E-state index is 13.1. The summed E-state index contributed by atoms with van der Waals surface area (Å²) in [6, 6.07) is 14.4. The number of hydrogen-bond donors (Lipinski definition) is 0. The first-order valence-corrected chi connectivity index (χ1v) is 10.3. The SMILES string of the molecule is O=C(c1ccccc1Cl)N1CCCC(N2CCN(c3ccc(F)cc3)CC2)C1. The normalized spacial score (nSPS) is 21.0. The predicted molar refractivity (Wildman–Crippen MR) is 111 cm³/mol. The van der Waals surface area contributed by atoms with Gasteiger partial charge in [0, 0.05) is 51.0 Å². The second-order valence-electron chi connectivity index (χ2n) is 7.53. The Kier molecular flexibility index (Phi) is 5.83. The van der Waals surface area contributed by atoms with Crippen molar-refractivity contribution in [3.05, 3.63) is 64.9 Å². The molecule has 1 unspecified atom stereocenters. The second-order valence-corrected chi connectivity index (χ2v) is 7.93. The van der Waals surface area contributed by atoms with E-state index >= 15 is 0 Å². The van der Waals surface area contributed by atoms with E-state index < -0.39 is 0 Å². The highest BCUT2D eigenvalue weighted by Gasteiger charge is 2.30. The number of anilines is 1. The average molecular weight is 402 g/mol. The van der Waals surface area contributed by atoms with Crippen molar-refractivity contribution in [1.82, 2.24) is 9.80 Å². The van der Waals surface area contributed by atoms with Crippen LogP contribution < -0.4 is 4.90 Å². The molecule has 6 heteroatoms. The van der Waals surface area contributed by atoms with E-state index in [2.05, 4.69) is 9.80 Å². The fourth-order valence-electron chi connectivity index (χ4n) is 4.24. The van der Waals surface area contributed by atoms with Gasteiger partial charge in [0.15, 0.2) is 0 Å². The molecule has 4 rings (SSSR count). The van der Waals surface area contributed by atoms with E-state index in [1.165, 1.54) is 12.1 Å². The molecular formula is C22H25ClFN3O. The van der Waals surface area contributed by atoms with Crippen LogP contribution in [0.15, 0.2) is 48.5 Å². The Balaban J connectivity index is 1.36. The maximum atomic E-state index is 13.1. The quantitative estimate of drug-likeness (QED) is 0.780. The van der Waals surface area contributed by atoms with Crippen LogP contribution in [0.5, 0.6) is 0 Å². The Morgan fingerprint density at radius 3 is 2.39 bits per heavy atom. The summed E-state index contributed by atoms with van der Waals surface area (Å²) in [5.74, 6) is -0.173. The van der Waals surface area contributed by atoms with Crippen LogP contribution in [0.2, 0.25) is 5.02 Å². The zero-order valence-corrected chi connectivity index (χ0v) is 16.6. The van der Waals surface area contributed by atoms with Crippen molar-refractivity contribution in [2.45, 2.75) is 18.9 Å². The molecule has 0 spiro atoms. The van der Waals surface area contributed by atoms with Crippen molar-refractivity contribution >= 4 is 23.2 Å². The molecule has 0 N–H and O–H groups in total. The molecule has 0 aromatic heterocycles. The standard InChI is InChI=1S/C22H25ClFN3O/c23-21-6-2-1-5-20(21)22(28)27-11-3-4-19(16-27)26-14-12-25(13-15-26)18-9-7-17(24)8-10-18/h1-2,5-10,19H,3-4,11-16H2. The number of benzene rings is 2. The molecule has 2 aliphatic heterocycles. The Morgan fingerprint density at radius 1 is 0.964 bits per heavy atom. The van der Waals surface area contributed by atoms with Crippen LogP contribution in [0.25, 0.3) is 0 Å². The summed E-state index contributed by atoms with van der Waals surface area (Å²) in [6.45, 7) is 5.28. The molecule has 1 amide bonds. The molecule has 0 bridgehead atoms. The summed E-state index contributed by atoms with van der Waals surface area (Å²) in [7, 11) is 0. The highest BCUT2D eigenvalue weighted by atomic mass is 35.5. The Hall–Kier alpha value is -2.11. The van der Waals surface area contributed by atoms with Gasteiger partial charge in [-0.1, -0.05) is 23.7 Å². The van der Waals surface area contributed by atoms with Gasteiger partial charge in [-0.05, 0) is 49.2 Å². The highest BCUT2D eigenvalue weighted by Crippen LogP contribution is 2.24. The number of piperazine rings is 1. The molecule has 148 valence electrons. The van der Waals surface area contributed by atoms with Crippen molar-refractivity contribution in [3.63, 3.8) is 0 Å². The highest BCUT2D eigenvalue weighted by molar-refractivity contribution is 6.33. The number of likely N-dealkylation sites (tertiary alicyclic amines) is 1. The largest absolute Gasteiger partial charge is 0.369 e. The van der Waals surface area contributed by atoms with Gasteiger partial charge >= 0.3 is 0 Å². The van der Waals surface area contributed by atoms with Crippen LogP contribution in [0.4, 0.5) is 10.1 Å². The minimum atomic E-state index is -0.201. The molecule has 2 fully saturated rings. The average Bonchev–Trinajstić information content (AvgIpc) is 2.74. The summed E-state index contributed by atoms with van der Waals surface area (Å²) in [5, 5.41) is 0.516. The summed E-state index contributed by atoms with van der Waals surface area (Å²) in [5.41, 5.74) is 1.66. The number of hydrogen-bond acceptors (Lipinski definition) is 3. The van der Waals surface area contributed by atoms with Crippen LogP contribution in [-0.2, 0) is 0 Å². The molecule has 2 aromatic rings. The third-order valence-corrected chi connectivity index (χ3v) is 6.14. The van der Waals surface area contributed by atoms with Gasteiger partial charge in [0.1, 0.15) is 5.82 Å². The number of amides is 1. The van der Waals surface area contributed by atoms with Crippen molar-refractivity contribution in [2.75, 3.05) is 44.2 Å². The van der Waals surface area contributed by atoms with Crippen LogP contribution in [0.1, 0.15) is 23.2 Å². The number of rotatable bonds is 3. The van der Waals surface area contributed by atoms with Gasteiger partial charge in [-0.3, -0.25) is 9.69 Å². The number of nitrogens with zero attached hydrogens (tertiary/aromatic N) is 3. The summed E-state index contributed by atoms with van der Waals surface area (Å²) < 4.78 is 13.1. The molecule has 2 saturated heterocycles. The van der Waals surface area contributed by atoms with E-state index in [-0.39, 0.29) is 11.7 Å². The topological polar surface area (TPSA) is 26.8 Å². The lowest BCUT2D eigenvalue weighted by atomic mass is 10.0. The van der Waals surface area contributed by atoms with Gasteiger partial charge in [-0.25, -0.2) is 4.39 Å². The first-order chi connectivity index (χ1) is 13.6. The molecule has 0 radical (unpaired) electrons. The van der Waals surface area contributed by atoms with Gasteiger partial charge < -0.3 is 9.80 Å². The summed E-state index contributed by atoms with van der Waals surface area (Å²) in [6.07, 6.45) is 2.13. The first kappa shape index (κ1) is 19.2. The fourth-order valence-corrected chi connectivity index (χ4v) is 4.46. The molecule has 4 nitrogen and oxygen atoms in total. The molecule has 0 saturated carbocycles. The summed E-state index contributed by atoms with van der Waals surface area (Å²) >= 11 is 6.22. The molecule has 2 aromatic carbocycles. The van der Waals surface area contributed by atoms with E-state index in [0.29, 0.717) is 16.6 Å². The predicted octanol–water partition coefficient (Wildman–Crippen LogP) is 3.91. The molecule has 2 aliphatic rings. The van der Waals surface area contributed by atoms with Crippen LogP contribution in [0.3, 0.4) is 0 Å². The zero-order chi connectivity index (χ0) is 19.5. The van der Waals surface area contributed by atoms with E-state index in [1.54, 1.807) is 12.1 Å². The molecule has 2 heterocycles. The third-order valence-electron chi connectivity index (χ3n) is 5.81. The van der Waals surface area contributed by atoms with Gasteiger partial charge in [0.25, 0.3) is 5.91 Å². The van der Waals surface area contributed by atoms with E-state index in [1.807, 2.05) is 29.2 Å². The van der Waals surface area contributed by atoms with Crippen LogP contribution >= 0.6 is 11.6 Å². The molecule has 28 heavy (non-hydrogen) atoms. The third kappa shape index (κ3) is 4.15. The lowest BCUT2D eigenvalue weighted by Crippen LogP contribution is -2.55. The zero-order valence-electron chi connectivity index (χ0n) is 15.9. The lowest BCUT2D eigenvalue weighted by Gasteiger charge is -2.44. The van der Waals surface area contributed by atoms with E-state index in [0.717, 1.165) is 57.8 Å². The number of halogens is 2. The molecular weight excluding hydrogens is 377 g/mol. The minimum absolute atomic E-state index is 0.0280. The Bertz CT molecular complexity index is 821. The second kappa shape index (κ2) is 8.50. The van der Waals surface area contributed by atoms with Gasteiger partial charge in [-0.2, -0.15) is 0 Å². The number of piperidine rings is 1. The lowest BCUT2D eigenvalue weighted by molar-refractivity contribution is 0.0563. The summed E-state index contributed by atoms with van der Waals surface area (Å²) in [4.78, 5) is 19.6. The minimum Gasteiger partial charge on any atom is -0.369 e. The maximum Gasteiger partial charge on any atom is 0.255 e. The fraction of sp³-hybridized carbons (Fsp3) is 0.409. The van der Waals surface area contributed by atoms with Gasteiger partial charge in [0.2, 0.25) is 0 Å². The Morgan fingerprint density at radius 2 is 1.68 bits per heavy atom. The smallest absolute Gasteiger partial charge is 0.255 e. The monoisotopic (exact) mass is 401 g/mol.